The highest BCUT2D eigenvalue weighted by atomic mass is 15.1. The summed E-state index contributed by atoms with van der Waals surface area (Å²) >= 11 is 0. The minimum absolute atomic E-state index is 0.542. The number of hydrogen-bond donors (Lipinski definition) is 4. The summed E-state index contributed by atoms with van der Waals surface area (Å²) in [6.45, 7) is 4.37. The van der Waals surface area contributed by atoms with Crippen LogP contribution in [0.1, 0.15) is 18.5 Å². The van der Waals surface area contributed by atoms with Crippen molar-refractivity contribution in [1.29, 1.82) is 0 Å². The van der Waals surface area contributed by atoms with E-state index in [1.54, 1.807) is 0 Å². The van der Waals surface area contributed by atoms with Crippen molar-refractivity contribution in [2.24, 2.45) is 5.92 Å². The number of aromatic nitrogens is 1. The Morgan fingerprint density at radius 2 is 2.30 bits per heavy atom. The van der Waals surface area contributed by atoms with Gasteiger partial charge in [-0.25, -0.2) is 4.98 Å². The summed E-state index contributed by atoms with van der Waals surface area (Å²) in [5.41, 5.74) is 6.86. The highest BCUT2D eigenvalue weighted by Gasteiger charge is 2.28. The van der Waals surface area contributed by atoms with E-state index in [-0.39, 0.29) is 0 Å². The van der Waals surface area contributed by atoms with Crippen LogP contribution in [0.3, 0.4) is 0 Å². The van der Waals surface area contributed by atoms with Gasteiger partial charge in [0.15, 0.2) is 0 Å². The summed E-state index contributed by atoms with van der Waals surface area (Å²) < 4.78 is 0. The molecule has 3 atom stereocenters. The SMILES string of the molecule is Nc1cccc(C[C@H]2CNC[C@@H]2NC[C@H]2CCCN2)n1. The van der Waals surface area contributed by atoms with Gasteiger partial charge in [-0.3, -0.25) is 0 Å². The van der Waals surface area contributed by atoms with Gasteiger partial charge in [-0.1, -0.05) is 6.07 Å². The van der Waals surface area contributed by atoms with Gasteiger partial charge in [-0.05, 0) is 50.4 Å². The fraction of sp³-hybridized carbons (Fsp3) is 0.667. The maximum atomic E-state index is 5.76. The number of hydrogen-bond acceptors (Lipinski definition) is 5. The predicted molar refractivity (Wildman–Crippen MR) is 81.5 cm³/mol. The Morgan fingerprint density at radius 3 is 3.10 bits per heavy atom. The third kappa shape index (κ3) is 3.48. The lowest BCUT2D eigenvalue weighted by molar-refractivity contribution is 0.399. The van der Waals surface area contributed by atoms with Gasteiger partial charge in [0.05, 0.1) is 0 Å². The Bertz CT molecular complexity index is 430. The Morgan fingerprint density at radius 1 is 1.35 bits per heavy atom. The molecule has 2 saturated heterocycles. The molecule has 5 nitrogen and oxygen atoms in total. The molecule has 0 radical (unpaired) electrons. The summed E-state index contributed by atoms with van der Waals surface area (Å²) in [6, 6.07) is 7.11. The molecule has 0 saturated carbocycles. The van der Waals surface area contributed by atoms with Crippen LogP contribution in [-0.4, -0.2) is 43.2 Å². The number of anilines is 1. The molecule has 0 bridgehead atoms. The third-order valence-corrected chi connectivity index (χ3v) is 4.43. The number of nitrogens with two attached hydrogens (primary N) is 1. The van der Waals surface area contributed by atoms with Crippen LogP contribution >= 0.6 is 0 Å². The van der Waals surface area contributed by atoms with Gasteiger partial charge in [0.2, 0.25) is 0 Å². The number of nitrogens with zero attached hydrogens (tertiary/aromatic N) is 1. The quantitative estimate of drug-likeness (QED) is 0.615. The molecular weight excluding hydrogens is 250 g/mol. The first-order valence-electron chi connectivity index (χ1n) is 7.70. The lowest BCUT2D eigenvalue weighted by Gasteiger charge is -2.22. The van der Waals surface area contributed by atoms with E-state index in [4.69, 9.17) is 5.73 Å². The topological polar surface area (TPSA) is 75.0 Å². The van der Waals surface area contributed by atoms with Crippen LogP contribution in [0, 0.1) is 5.92 Å². The first-order valence-corrected chi connectivity index (χ1v) is 7.70. The van der Waals surface area contributed by atoms with Crippen molar-refractivity contribution in [3.05, 3.63) is 23.9 Å². The van der Waals surface area contributed by atoms with Crippen LogP contribution in [0.5, 0.6) is 0 Å². The minimum atomic E-state index is 0.542. The molecule has 1 aromatic rings. The molecule has 2 fully saturated rings. The molecule has 5 heteroatoms. The molecule has 1 aromatic heterocycles. The van der Waals surface area contributed by atoms with Crippen LogP contribution < -0.4 is 21.7 Å². The van der Waals surface area contributed by atoms with Crippen molar-refractivity contribution in [2.75, 3.05) is 31.9 Å². The molecular formula is C15H25N5. The third-order valence-electron chi connectivity index (χ3n) is 4.43. The maximum Gasteiger partial charge on any atom is 0.123 e. The summed E-state index contributed by atoms with van der Waals surface area (Å²) in [4.78, 5) is 4.42. The van der Waals surface area contributed by atoms with Gasteiger partial charge in [0.1, 0.15) is 5.82 Å². The molecule has 0 amide bonds. The van der Waals surface area contributed by atoms with Crippen LogP contribution in [-0.2, 0) is 6.42 Å². The first-order chi connectivity index (χ1) is 9.81. The molecule has 0 aromatic carbocycles. The average Bonchev–Trinajstić information content (AvgIpc) is 3.08. The van der Waals surface area contributed by atoms with Crippen LogP contribution in [0.15, 0.2) is 18.2 Å². The van der Waals surface area contributed by atoms with E-state index in [0.717, 1.165) is 31.7 Å². The zero-order valence-electron chi connectivity index (χ0n) is 11.9. The number of rotatable bonds is 5. The molecule has 110 valence electrons. The lowest BCUT2D eigenvalue weighted by atomic mass is 9.97. The Hall–Kier alpha value is -1.17. The molecule has 2 aliphatic rings. The van der Waals surface area contributed by atoms with E-state index in [9.17, 15) is 0 Å². The van der Waals surface area contributed by atoms with E-state index in [1.807, 2.05) is 12.1 Å². The fourth-order valence-electron chi connectivity index (χ4n) is 3.29. The summed E-state index contributed by atoms with van der Waals surface area (Å²) in [5.74, 6) is 1.22. The Kier molecular flexibility index (Phi) is 4.50. The number of pyridine rings is 1. The second kappa shape index (κ2) is 6.52. The zero-order chi connectivity index (χ0) is 13.8. The van der Waals surface area contributed by atoms with Gasteiger partial charge in [-0.15, -0.1) is 0 Å². The fourth-order valence-corrected chi connectivity index (χ4v) is 3.29. The van der Waals surface area contributed by atoms with Crippen molar-refractivity contribution >= 4 is 5.82 Å². The molecule has 0 aliphatic carbocycles. The van der Waals surface area contributed by atoms with Gasteiger partial charge in [-0.2, -0.15) is 0 Å². The van der Waals surface area contributed by atoms with Crippen LogP contribution in [0.4, 0.5) is 5.82 Å². The van der Waals surface area contributed by atoms with Gasteiger partial charge >= 0.3 is 0 Å². The van der Waals surface area contributed by atoms with E-state index >= 15 is 0 Å². The summed E-state index contributed by atoms with van der Waals surface area (Å²) in [5, 5.41) is 10.8. The summed E-state index contributed by atoms with van der Waals surface area (Å²) in [7, 11) is 0. The molecule has 0 spiro atoms. The largest absolute Gasteiger partial charge is 0.384 e. The van der Waals surface area contributed by atoms with Gasteiger partial charge in [0.25, 0.3) is 0 Å². The van der Waals surface area contributed by atoms with Gasteiger partial charge in [0, 0.05) is 30.9 Å². The van der Waals surface area contributed by atoms with E-state index in [0.29, 0.717) is 23.8 Å². The Balaban J connectivity index is 1.52. The standard InChI is InChI=1S/C15H25N5/c16-15-5-1-3-12(20-15)7-11-8-17-10-14(11)19-9-13-4-2-6-18-13/h1,3,5,11,13-14,17-19H,2,4,6-10H2,(H2,16,20)/t11-,13+,14-/m0/s1. The zero-order valence-corrected chi connectivity index (χ0v) is 11.9. The van der Waals surface area contributed by atoms with Crippen molar-refractivity contribution in [1.82, 2.24) is 20.9 Å². The van der Waals surface area contributed by atoms with Gasteiger partial charge < -0.3 is 21.7 Å². The normalized spacial score (nSPS) is 29.9. The monoisotopic (exact) mass is 275 g/mol. The second-order valence-corrected chi connectivity index (χ2v) is 5.98. The highest BCUT2D eigenvalue weighted by molar-refractivity contribution is 5.29. The smallest absolute Gasteiger partial charge is 0.123 e. The predicted octanol–water partition coefficient (Wildman–Crippen LogP) is 0.136. The van der Waals surface area contributed by atoms with Crippen LogP contribution in [0.25, 0.3) is 0 Å². The van der Waals surface area contributed by atoms with Crippen molar-refractivity contribution in [3.8, 4) is 0 Å². The van der Waals surface area contributed by atoms with E-state index < -0.39 is 0 Å². The van der Waals surface area contributed by atoms with E-state index in [1.165, 1.54) is 19.4 Å². The minimum Gasteiger partial charge on any atom is -0.384 e. The molecule has 3 rings (SSSR count). The number of nitrogens with one attached hydrogen (secondary N) is 3. The maximum absolute atomic E-state index is 5.76. The highest BCUT2D eigenvalue weighted by Crippen LogP contribution is 2.16. The number of nitrogen functional groups attached to an aromatic ring is 1. The average molecular weight is 275 g/mol. The molecule has 2 aliphatic heterocycles. The summed E-state index contributed by atoms with van der Waals surface area (Å²) in [6.07, 6.45) is 3.61. The molecule has 5 N–H and O–H groups in total. The van der Waals surface area contributed by atoms with Crippen molar-refractivity contribution in [2.45, 2.75) is 31.3 Å². The lowest BCUT2D eigenvalue weighted by Crippen LogP contribution is -2.43. The van der Waals surface area contributed by atoms with Crippen molar-refractivity contribution in [3.63, 3.8) is 0 Å². The van der Waals surface area contributed by atoms with Crippen molar-refractivity contribution < 1.29 is 0 Å². The molecule has 20 heavy (non-hydrogen) atoms. The van der Waals surface area contributed by atoms with E-state index in [2.05, 4.69) is 27.0 Å². The Labute approximate surface area is 120 Å². The van der Waals surface area contributed by atoms with Crippen LogP contribution in [0.2, 0.25) is 0 Å². The molecule has 0 unspecified atom stereocenters. The first kappa shape index (κ1) is 13.8. The molecule has 3 heterocycles. The second-order valence-electron chi connectivity index (χ2n) is 5.98.